The van der Waals surface area contributed by atoms with Crippen molar-refractivity contribution in [2.45, 2.75) is 6.92 Å². The lowest BCUT2D eigenvalue weighted by Crippen LogP contribution is -2.16. The van der Waals surface area contributed by atoms with Gasteiger partial charge in [-0.3, -0.25) is 4.79 Å². The summed E-state index contributed by atoms with van der Waals surface area (Å²) in [5.41, 5.74) is 6.64. The lowest BCUT2D eigenvalue weighted by molar-refractivity contribution is 0.0995. The molecule has 0 atom stereocenters. The van der Waals surface area contributed by atoms with Crippen molar-refractivity contribution in [1.82, 2.24) is 0 Å². The number of rotatable bonds is 4. The Bertz CT molecular complexity index is 374. The summed E-state index contributed by atoms with van der Waals surface area (Å²) in [6.07, 6.45) is 0. The number of carbonyl (C=O) groups excluding carboxylic acids is 1. The van der Waals surface area contributed by atoms with Gasteiger partial charge >= 0.3 is 0 Å². The van der Waals surface area contributed by atoms with Crippen LogP contribution in [0, 0.1) is 6.92 Å². The first kappa shape index (κ1) is 11.5. The normalized spacial score (nSPS) is 9.87. The van der Waals surface area contributed by atoms with Crippen molar-refractivity contribution in [3.8, 4) is 11.5 Å². The van der Waals surface area contributed by atoms with Crippen molar-refractivity contribution < 1.29 is 14.3 Å². The summed E-state index contributed by atoms with van der Waals surface area (Å²) in [4.78, 5) is 11.6. The molecule has 2 N–H and O–H groups in total. The SMILES string of the molecule is COc1ccc(C)c(OC)c1C(=O)CN. The predicted molar refractivity (Wildman–Crippen MR) is 57.7 cm³/mol. The van der Waals surface area contributed by atoms with Crippen LogP contribution < -0.4 is 15.2 Å². The van der Waals surface area contributed by atoms with E-state index < -0.39 is 0 Å². The van der Waals surface area contributed by atoms with Gasteiger partial charge in [-0.15, -0.1) is 0 Å². The Morgan fingerprint density at radius 2 is 2.00 bits per heavy atom. The molecule has 4 heteroatoms. The molecule has 4 nitrogen and oxygen atoms in total. The van der Waals surface area contributed by atoms with Crippen LogP contribution in [0.3, 0.4) is 0 Å². The van der Waals surface area contributed by atoms with E-state index in [1.807, 2.05) is 13.0 Å². The molecular weight excluding hydrogens is 194 g/mol. The van der Waals surface area contributed by atoms with Gasteiger partial charge in [0.15, 0.2) is 5.78 Å². The second-order valence-corrected chi connectivity index (χ2v) is 3.12. The Morgan fingerprint density at radius 3 is 2.47 bits per heavy atom. The second-order valence-electron chi connectivity index (χ2n) is 3.12. The van der Waals surface area contributed by atoms with E-state index in [4.69, 9.17) is 15.2 Å². The summed E-state index contributed by atoms with van der Waals surface area (Å²) in [6, 6.07) is 3.58. The minimum absolute atomic E-state index is 0.0594. The van der Waals surface area contributed by atoms with Crippen LogP contribution in [0.25, 0.3) is 0 Å². The highest BCUT2D eigenvalue weighted by Crippen LogP contribution is 2.31. The quantitative estimate of drug-likeness (QED) is 0.756. The van der Waals surface area contributed by atoms with Gasteiger partial charge in [-0.05, 0) is 18.6 Å². The van der Waals surface area contributed by atoms with Gasteiger partial charge in [0.05, 0.1) is 20.8 Å². The Hall–Kier alpha value is -1.55. The molecule has 0 aliphatic carbocycles. The van der Waals surface area contributed by atoms with Crippen molar-refractivity contribution in [2.75, 3.05) is 20.8 Å². The Balaban J connectivity index is 3.40. The highest BCUT2D eigenvalue weighted by atomic mass is 16.5. The molecule has 0 spiro atoms. The topological polar surface area (TPSA) is 61.5 Å². The summed E-state index contributed by atoms with van der Waals surface area (Å²) in [5.74, 6) is 0.838. The summed E-state index contributed by atoms with van der Waals surface area (Å²) >= 11 is 0. The van der Waals surface area contributed by atoms with Crippen LogP contribution in [0.4, 0.5) is 0 Å². The fourth-order valence-electron chi connectivity index (χ4n) is 1.47. The number of carbonyl (C=O) groups is 1. The van der Waals surface area contributed by atoms with Crippen LogP contribution in [0.2, 0.25) is 0 Å². The van der Waals surface area contributed by atoms with Crippen molar-refractivity contribution >= 4 is 5.78 Å². The van der Waals surface area contributed by atoms with Gasteiger partial charge < -0.3 is 15.2 Å². The molecule has 0 fully saturated rings. The zero-order chi connectivity index (χ0) is 11.4. The highest BCUT2D eigenvalue weighted by Gasteiger charge is 2.18. The predicted octanol–water partition coefficient (Wildman–Crippen LogP) is 1.15. The molecule has 0 bridgehead atoms. The highest BCUT2D eigenvalue weighted by molar-refractivity contribution is 6.02. The molecule has 1 rings (SSSR count). The van der Waals surface area contributed by atoms with Gasteiger partial charge in [-0.1, -0.05) is 6.07 Å². The first-order valence-electron chi connectivity index (χ1n) is 4.60. The van der Waals surface area contributed by atoms with E-state index in [1.165, 1.54) is 14.2 Å². The van der Waals surface area contributed by atoms with Gasteiger partial charge in [-0.2, -0.15) is 0 Å². The fourth-order valence-corrected chi connectivity index (χ4v) is 1.47. The van der Waals surface area contributed by atoms with E-state index in [2.05, 4.69) is 0 Å². The maximum absolute atomic E-state index is 11.6. The number of methoxy groups -OCH3 is 2. The third-order valence-electron chi connectivity index (χ3n) is 2.20. The molecule has 15 heavy (non-hydrogen) atoms. The molecular formula is C11H15NO3. The lowest BCUT2D eigenvalue weighted by Gasteiger charge is -2.13. The third kappa shape index (κ3) is 2.10. The Kier molecular flexibility index (Phi) is 3.68. The monoisotopic (exact) mass is 209 g/mol. The zero-order valence-electron chi connectivity index (χ0n) is 9.16. The van der Waals surface area contributed by atoms with Crippen LogP contribution in [0.1, 0.15) is 15.9 Å². The Morgan fingerprint density at radius 1 is 1.33 bits per heavy atom. The number of hydrogen-bond acceptors (Lipinski definition) is 4. The summed E-state index contributed by atoms with van der Waals surface area (Å²) < 4.78 is 10.3. The number of nitrogens with two attached hydrogens (primary N) is 1. The summed E-state index contributed by atoms with van der Waals surface area (Å²) in [6.45, 7) is 1.81. The maximum Gasteiger partial charge on any atom is 0.183 e. The van der Waals surface area contributed by atoms with Crippen molar-refractivity contribution in [3.63, 3.8) is 0 Å². The first-order chi connectivity index (χ1) is 7.15. The van der Waals surface area contributed by atoms with Crippen LogP contribution in [-0.4, -0.2) is 26.5 Å². The van der Waals surface area contributed by atoms with E-state index in [0.29, 0.717) is 17.1 Å². The van der Waals surface area contributed by atoms with Gasteiger partial charge in [0, 0.05) is 0 Å². The van der Waals surface area contributed by atoms with Crippen molar-refractivity contribution in [1.29, 1.82) is 0 Å². The van der Waals surface area contributed by atoms with Gasteiger partial charge in [-0.25, -0.2) is 0 Å². The molecule has 0 saturated heterocycles. The lowest BCUT2D eigenvalue weighted by atomic mass is 10.0. The molecule has 0 aliphatic heterocycles. The van der Waals surface area contributed by atoms with Crippen LogP contribution in [0.15, 0.2) is 12.1 Å². The molecule has 0 saturated carbocycles. The van der Waals surface area contributed by atoms with Crippen LogP contribution in [0.5, 0.6) is 11.5 Å². The Labute approximate surface area is 89.0 Å². The number of aryl methyl sites for hydroxylation is 1. The molecule has 0 amide bonds. The smallest absolute Gasteiger partial charge is 0.183 e. The second kappa shape index (κ2) is 4.79. The molecule has 1 aromatic rings. The first-order valence-corrected chi connectivity index (χ1v) is 4.60. The van der Waals surface area contributed by atoms with E-state index in [0.717, 1.165) is 5.56 Å². The van der Waals surface area contributed by atoms with Crippen LogP contribution in [-0.2, 0) is 0 Å². The zero-order valence-corrected chi connectivity index (χ0v) is 9.16. The minimum atomic E-state index is -0.188. The fraction of sp³-hybridized carbons (Fsp3) is 0.364. The summed E-state index contributed by atoms with van der Waals surface area (Å²) in [5, 5.41) is 0. The van der Waals surface area contributed by atoms with E-state index in [1.54, 1.807) is 6.07 Å². The standard InChI is InChI=1S/C11H15NO3/c1-7-4-5-9(14-2)10(8(13)6-12)11(7)15-3/h4-5H,6,12H2,1-3H3. The van der Waals surface area contributed by atoms with Gasteiger partial charge in [0.2, 0.25) is 0 Å². The van der Waals surface area contributed by atoms with Gasteiger partial charge in [0.1, 0.15) is 17.1 Å². The number of ether oxygens (including phenoxy) is 2. The molecule has 0 heterocycles. The van der Waals surface area contributed by atoms with Crippen molar-refractivity contribution in [2.24, 2.45) is 5.73 Å². The summed E-state index contributed by atoms with van der Waals surface area (Å²) in [7, 11) is 3.03. The van der Waals surface area contributed by atoms with Gasteiger partial charge in [0.25, 0.3) is 0 Å². The number of benzene rings is 1. The van der Waals surface area contributed by atoms with E-state index in [9.17, 15) is 4.79 Å². The van der Waals surface area contributed by atoms with Crippen molar-refractivity contribution in [3.05, 3.63) is 23.3 Å². The largest absolute Gasteiger partial charge is 0.496 e. The molecule has 0 unspecified atom stereocenters. The number of ketones is 1. The third-order valence-corrected chi connectivity index (χ3v) is 2.20. The number of hydrogen-bond donors (Lipinski definition) is 1. The molecule has 0 aliphatic rings. The molecule has 82 valence electrons. The van der Waals surface area contributed by atoms with Crippen LogP contribution >= 0.6 is 0 Å². The molecule has 1 aromatic carbocycles. The average Bonchev–Trinajstić information content (AvgIpc) is 2.27. The minimum Gasteiger partial charge on any atom is -0.496 e. The van der Waals surface area contributed by atoms with E-state index in [-0.39, 0.29) is 12.3 Å². The molecule has 0 aromatic heterocycles. The maximum atomic E-state index is 11.6. The van der Waals surface area contributed by atoms with E-state index >= 15 is 0 Å². The number of Topliss-reactive ketones (excluding diaryl/α,β-unsaturated/α-hetero) is 1. The molecule has 0 radical (unpaired) electrons. The average molecular weight is 209 g/mol.